The van der Waals surface area contributed by atoms with E-state index in [1.807, 2.05) is 0 Å². The van der Waals surface area contributed by atoms with Crippen LogP contribution in [0.15, 0.2) is 0 Å². The van der Waals surface area contributed by atoms with E-state index in [0.717, 1.165) is 0 Å². The topological polar surface area (TPSA) is 85.5 Å². The molecule has 1 radical (unpaired) electrons. The summed E-state index contributed by atoms with van der Waals surface area (Å²) in [5.74, 6) is 0. The first kappa shape index (κ1) is 155. The zero-order valence-corrected chi connectivity index (χ0v) is 5.36. The van der Waals surface area contributed by atoms with Gasteiger partial charge in [0.05, 0.1) is 0 Å². The van der Waals surface area contributed by atoms with Crippen LogP contribution in [0.2, 0.25) is 0 Å². The summed E-state index contributed by atoms with van der Waals surface area (Å²) in [7, 11) is 0. The zero-order chi connectivity index (χ0) is 0. The summed E-state index contributed by atoms with van der Waals surface area (Å²) in [4.78, 5) is 0. The Bertz CT molecular complexity index is 10.8. The fourth-order valence-corrected chi connectivity index (χ4v) is 0. The molecule has 0 heterocycles. The van der Waals surface area contributed by atoms with Crippen molar-refractivity contribution in [3.8, 4) is 0 Å². The molecule has 45 valence electrons. The van der Waals surface area contributed by atoms with Gasteiger partial charge < -0.3 is 16.4 Å². The van der Waals surface area contributed by atoms with Crippen LogP contribution in [0.3, 0.4) is 0 Å². The van der Waals surface area contributed by atoms with E-state index in [1.165, 1.54) is 0 Å². The van der Waals surface area contributed by atoms with E-state index in [0.29, 0.717) is 0 Å². The van der Waals surface area contributed by atoms with E-state index in [1.54, 1.807) is 0 Å². The molecule has 0 N–H and O–H groups in total. The predicted molar refractivity (Wildman–Crippen MR) is 2.06 cm³/mol. The molecule has 3 nitrogen and oxygen atoms in total. The molecular formula is CoFeNiO3. The monoisotopic (exact) mass is 221 g/mol. The maximum Gasteiger partial charge on any atom is 2.00 e. The average Bonchev–Trinajstić information content (AvgIpc) is 0. The quantitative estimate of drug-likeness (QED) is 0.500. The minimum absolute atomic E-state index is 0. The molecule has 0 bridgehead atoms. The number of rotatable bonds is 0. The van der Waals surface area contributed by atoms with E-state index in [-0.39, 0.29) is 66.8 Å². The van der Waals surface area contributed by atoms with Crippen molar-refractivity contribution in [3.05, 3.63) is 0 Å². The molecule has 6 heavy (non-hydrogen) atoms. The van der Waals surface area contributed by atoms with Gasteiger partial charge >= 0.3 is 50.3 Å². The van der Waals surface area contributed by atoms with Gasteiger partial charge in [-0.1, -0.05) is 0 Å². The molecule has 0 amide bonds. The maximum absolute atomic E-state index is 0. The third kappa shape index (κ3) is 53.4. The molecule has 0 rings (SSSR count). The maximum atomic E-state index is 0. The Morgan fingerprint density at radius 1 is 0.667 bits per heavy atom. The molecule has 0 aromatic heterocycles. The van der Waals surface area contributed by atoms with Crippen LogP contribution in [0.5, 0.6) is 0 Å². The molecule has 0 spiro atoms. The van der Waals surface area contributed by atoms with Gasteiger partial charge in [-0.05, 0) is 0 Å². The van der Waals surface area contributed by atoms with Gasteiger partial charge in [-0.2, -0.15) is 0 Å². The largest absolute Gasteiger partial charge is 2.00 e. The molecular weight excluding hydrogens is 221 g/mol. The van der Waals surface area contributed by atoms with Crippen LogP contribution in [0.4, 0.5) is 0 Å². The smallest absolute Gasteiger partial charge is 2.00 e. The van der Waals surface area contributed by atoms with Crippen LogP contribution < -0.4 is 0 Å². The fraction of sp³-hybridized carbons (Fsp3) is 0. The van der Waals surface area contributed by atoms with Gasteiger partial charge in [-0.3, -0.25) is 0 Å². The van der Waals surface area contributed by atoms with Gasteiger partial charge in [-0.25, -0.2) is 0 Å². The molecule has 0 saturated heterocycles. The van der Waals surface area contributed by atoms with E-state index >= 15 is 0 Å². The minimum atomic E-state index is 0. The molecule has 0 unspecified atom stereocenters. The summed E-state index contributed by atoms with van der Waals surface area (Å²) in [5, 5.41) is 0. The van der Waals surface area contributed by atoms with Gasteiger partial charge in [-0.15, -0.1) is 0 Å². The molecule has 0 aliphatic heterocycles. The Morgan fingerprint density at radius 2 is 0.667 bits per heavy atom. The Morgan fingerprint density at radius 3 is 0.667 bits per heavy atom. The molecule has 0 atom stereocenters. The summed E-state index contributed by atoms with van der Waals surface area (Å²) < 4.78 is 0. The molecule has 0 aliphatic carbocycles. The minimum Gasteiger partial charge on any atom is -2.00 e. The van der Waals surface area contributed by atoms with Crippen LogP contribution in [-0.4, -0.2) is 0 Å². The molecule has 0 aromatic rings. The van der Waals surface area contributed by atoms with Gasteiger partial charge in [0.2, 0.25) is 0 Å². The molecule has 0 aromatic carbocycles. The Balaban J connectivity index is 0. The van der Waals surface area contributed by atoms with Crippen molar-refractivity contribution < 1.29 is 66.8 Å². The summed E-state index contributed by atoms with van der Waals surface area (Å²) in [6.45, 7) is 0. The van der Waals surface area contributed by atoms with Crippen LogP contribution in [0, 0.1) is 0 Å². The van der Waals surface area contributed by atoms with Crippen molar-refractivity contribution in [1.82, 2.24) is 0 Å². The second-order valence-electron chi connectivity index (χ2n) is 0. The van der Waals surface area contributed by atoms with Crippen molar-refractivity contribution in [2.24, 2.45) is 0 Å². The van der Waals surface area contributed by atoms with E-state index in [4.69, 9.17) is 0 Å². The Labute approximate surface area is 66.8 Å². The van der Waals surface area contributed by atoms with Crippen LogP contribution in [-0.2, 0) is 66.8 Å². The second kappa shape index (κ2) is 95.3. The van der Waals surface area contributed by atoms with Crippen molar-refractivity contribution in [3.63, 3.8) is 0 Å². The average molecular weight is 221 g/mol. The van der Waals surface area contributed by atoms with Crippen LogP contribution in [0.25, 0.3) is 0 Å². The number of hydrogen-bond acceptors (Lipinski definition) is 0. The van der Waals surface area contributed by atoms with E-state index < -0.39 is 0 Å². The van der Waals surface area contributed by atoms with Crippen molar-refractivity contribution in [2.75, 3.05) is 0 Å². The Kier molecular flexibility index (Phi) is 2460. The zero-order valence-electron chi connectivity index (χ0n) is 2.23. The summed E-state index contributed by atoms with van der Waals surface area (Å²) >= 11 is 0. The van der Waals surface area contributed by atoms with Gasteiger partial charge in [0.15, 0.2) is 0 Å². The summed E-state index contributed by atoms with van der Waals surface area (Å²) in [6, 6.07) is 0. The van der Waals surface area contributed by atoms with Crippen molar-refractivity contribution in [1.29, 1.82) is 0 Å². The molecule has 6 heteroatoms. The second-order valence-corrected chi connectivity index (χ2v) is 0. The van der Waals surface area contributed by atoms with Crippen molar-refractivity contribution >= 4 is 0 Å². The van der Waals surface area contributed by atoms with Gasteiger partial charge in [0.25, 0.3) is 0 Å². The third-order valence-corrected chi connectivity index (χ3v) is 0. The van der Waals surface area contributed by atoms with Crippen molar-refractivity contribution in [2.45, 2.75) is 0 Å². The predicted octanol–water partition coefficient (Wildman–Crippen LogP) is -0.364. The number of hydrogen-bond donors (Lipinski definition) is 0. The molecule has 0 saturated carbocycles. The first-order valence-corrected chi connectivity index (χ1v) is 0. The Hall–Kier alpha value is 1.40. The fourth-order valence-electron chi connectivity index (χ4n) is 0. The van der Waals surface area contributed by atoms with Gasteiger partial charge in [0.1, 0.15) is 0 Å². The first-order chi connectivity index (χ1) is 0. The SMILES string of the molecule is [Co+2].[Fe+2].[Ni+2].[O-2].[O-2].[O-2]. The van der Waals surface area contributed by atoms with Crippen LogP contribution in [0.1, 0.15) is 0 Å². The van der Waals surface area contributed by atoms with Gasteiger partial charge in [0, 0.05) is 0 Å². The van der Waals surface area contributed by atoms with E-state index in [2.05, 4.69) is 0 Å². The molecule has 0 aliphatic rings. The normalized spacial score (nSPS) is 0. The first-order valence-electron chi connectivity index (χ1n) is 0. The summed E-state index contributed by atoms with van der Waals surface area (Å²) in [5.41, 5.74) is 0. The molecule has 0 fully saturated rings. The third-order valence-electron chi connectivity index (χ3n) is 0. The standard InChI is InChI=1S/Co.Fe.Ni.3O/q3*+2;3*-2. The van der Waals surface area contributed by atoms with Crippen LogP contribution >= 0.6 is 0 Å². The summed E-state index contributed by atoms with van der Waals surface area (Å²) in [6.07, 6.45) is 0. The van der Waals surface area contributed by atoms with E-state index in [9.17, 15) is 0 Å².